The quantitative estimate of drug-likeness (QED) is 0.746. The molecule has 1 fully saturated rings. The molecule has 0 atom stereocenters. The van der Waals surface area contributed by atoms with Gasteiger partial charge in [-0.25, -0.2) is 0 Å². The molecule has 1 spiro atoms. The second-order valence-corrected chi connectivity index (χ2v) is 5.46. The maximum Gasteiger partial charge on any atom is 0.416 e. The van der Waals surface area contributed by atoms with E-state index in [0.29, 0.717) is 6.54 Å². The Bertz CT molecular complexity index is 459. The summed E-state index contributed by atoms with van der Waals surface area (Å²) < 4.78 is 38.1. The van der Waals surface area contributed by atoms with E-state index in [2.05, 4.69) is 5.32 Å². The Balaban J connectivity index is 2.05. The van der Waals surface area contributed by atoms with Crippen molar-refractivity contribution in [3.8, 4) is 0 Å². The molecule has 2 aliphatic rings. The summed E-state index contributed by atoms with van der Waals surface area (Å²) in [4.78, 5) is 0. The number of rotatable bonds is 0. The fraction of sp³-hybridized carbons (Fsp3) is 0.571. The van der Waals surface area contributed by atoms with E-state index >= 15 is 0 Å². The molecular weight excluding hydrogens is 239 g/mol. The van der Waals surface area contributed by atoms with Crippen LogP contribution in [-0.2, 0) is 18.1 Å². The molecule has 3 rings (SSSR count). The van der Waals surface area contributed by atoms with Crippen LogP contribution in [0.3, 0.4) is 0 Å². The van der Waals surface area contributed by atoms with E-state index in [1.165, 1.54) is 25.0 Å². The number of halogens is 3. The lowest BCUT2D eigenvalue weighted by Crippen LogP contribution is -2.41. The Morgan fingerprint density at radius 1 is 1.11 bits per heavy atom. The van der Waals surface area contributed by atoms with Gasteiger partial charge in [0.05, 0.1) is 5.56 Å². The Labute approximate surface area is 104 Å². The molecule has 0 bridgehead atoms. The predicted octanol–water partition coefficient (Wildman–Crippen LogP) is 3.62. The minimum atomic E-state index is -4.24. The van der Waals surface area contributed by atoms with E-state index in [1.807, 2.05) is 0 Å². The average Bonchev–Trinajstić information content (AvgIpc) is 2.77. The van der Waals surface area contributed by atoms with Crippen LogP contribution in [0.25, 0.3) is 0 Å². The molecule has 98 valence electrons. The number of hydrogen-bond donors (Lipinski definition) is 1. The van der Waals surface area contributed by atoms with Crippen LogP contribution in [0.1, 0.15) is 42.4 Å². The summed E-state index contributed by atoms with van der Waals surface area (Å²) in [6, 6.07) is 4.27. The van der Waals surface area contributed by atoms with Crippen molar-refractivity contribution >= 4 is 0 Å². The van der Waals surface area contributed by atoms with Gasteiger partial charge in [0.15, 0.2) is 0 Å². The molecule has 18 heavy (non-hydrogen) atoms. The zero-order chi connectivity index (χ0) is 12.8. The molecule has 0 radical (unpaired) electrons. The minimum absolute atomic E-state index is 0.0950. The normalized spacial score (nSPS) is 22.2. The van der Waals surface area contributed by atoms with Gasteiger partial charge in [0.25, 0.3) is 0 Å². The molecule has 1 aromatic carbocycles. The molecule has 0 unspecified atom stereocenters. The first-order chi connectivity index (χ1) is 8.51. The topological polar surface area (TPSA) is 12.0 Å². The van der Waals surface area contributed by atoms with Crippen molar-refractivity contribution in [2.24, 2.45) is 0 Å². The minimum Gasteiger partial charge on any atom is -0.312 e. The SMILES string of the molecule is FC(F)(F)c1ccc2c(c1)CNCC21CCCC1. The van der Waals surface area contributed by atoms with E-state index in [9.17, 15) is 13.2 Å². The van der Waals surface area contributed by atoms with Gasteiger partial charge < -0.3 is 5.32 Å². The molecule has 1 heterocycles. The van der Waals surface area contributed by atoms with Gasteiger partial charge in [-0.05, 0) is 36.1 Å². The number of hydrogen-bond acceptors (Lipinski definition) is 1. The molecule has 1 aliphatic carbocycles. The molecule has 1 N–H and O–H groups in total. The highest BCUT2D eigenvalue weighted by Gasteiger charge is 2.40. The van der Waals surface area contributed by atoms with Crippen molar-refractivity contribution < 1.29 is 13.2 Å². The van der Waals surface area contributed by atoms with Crippen LogP contribution in [0, 0.1) is 0 Å². The van der Waals surface area contributed by atoms with Crippen molar-refractivity contribution in [3.63, 3.8) is 0 Å². The molecule has 4 heteroatoms. The average molecular weight is 255 g/mol. The number of benzene rings is 1. The summed E-state index contributed by atoms with van der Waals surface area (Å²) in [7, 11) is 0. The van der Waals surface area contributed by atoms with Gasteiger partial charge in [-0.1, -0.05) is 18.9 Å². The summed E-state index contributed by atoms with van der Waals surface area (Å²) in [5, 5.41) is 3.29. The molecule has 1 aliphatic heterocycles. The van der Waals surface area contributed by atoms with E-state index in [-0.39, 0.29) is 5.41 Å². The monoisotopic (exact) mass is 255 g/mol. The van der Waals surface area contributed by atoms with Gasteiger partial charge in [0, 0.05) is 18.5 Å². The van der Waals surface area contributed by atoms with E-state index in [4.69, 9.17) is 0 Å². The zero-order valence-electron chi connectivity index (χ0n) is 10.1. The van der Waals surface area contributed by atoms with Crippen molar-refractivity contribution in [2.75, 3.05) is 6.54 Å². The Kier molecular flexibility index (Phi) is 2.66. The van der Waals surface area contributed by atoms with Crippen LogP contribution in [0.4, 0.5) is 13.2 Å². The van der Waals surface area contributed by atoms with Crippen LogP contribution in [0.2, 0.25) is 0 Å². The smallest absolute Gasteiger partial charge is 0.312 e. The lowest BCUT2D eigenvalue weighted by molar-refractivity contribution is -0.137. The molecule has 1 saturated carbocycles. The summed E-state index contributed by atoms with van der Waals surface area (Å²) >= 11 is 0. The molecule has 0 saturated heterocycles. The fourth-order valence-corrected chi connectivity index (χ4v) is 3.46. The standard InChI is InChI=1S/C14H16F3N/c15-14(16,17)11-3-4-12-10(7-11)8-18-9-13(12)5-1-2-6-13/h3-4,7,18H,1-2,5-6,8-9H2. The summed E-state index contributed by atoms with van der Waals surface area (Å²) in [6.07, 6.45) is 0.316. The maximum absolute atomic E-state index is 12.7. The molecule has 1 aromatic rings. The van der Waals surface area contributed by atoms with E-state index in [0.717, 1.165) is 30.5 Å². The van der Waals surface area contributed by atoms with Gasteiger partial charge >= 0.3 is 6.18 Å². The van der Waals surface area contributed by atoms with Crippen molar-refractivity contribution in [3.05, 3.63) is 34.9 Å². The number of fused-ring (bicyclic) bond motifs is 2. The predicted molar refractivity (Wildman–Crippen MR) is 63.3 cm³/mol. The Morgan fingerprint density at radius 3 is 2.50 bits per heavy atom. The van der Waals surface area contributed by atoms with Crippen LogP contribution < -0.4 is 5.32 Å². The zero-order valence-corrected chi connectivity index (χ0v) is 10.1. The third-order valence-corrected chi connectivity index (χ3v) is 4.34. The first-order valence-electron chi connectivity index (χ1n) is 6.43. The van der Waals surface area contributed by atoms with Crippen molar-refractivity contribution in [1.29, 1.82) is 0 Å². The molecule has 1 nitrogen and oxygen atoms in total. The molecule has 0 aromatic heterocycles. The first-order valence-corrected chi connectivity index (χ1v) is 6.43. The van der Waals surface area contributed by atoms with Crippen LogP contribution >= 0.6 is 0 Å². The maximum atomic E-state index is 12.7. The lowest BCUT2D eigenvalue weighted by Gasteiger charge is -2.36. The summed E-state index contributed by atoms with van der Waals surface area (Å²) in [6.45, 7) is 1.46. The fourth-order valence-electron chi connectivity index (χ4n) is 3.46. The largest absolute Gasteiger partial charge is 0.416 e. The second kappa shape index (κ2) is 3.98. The highest BCUT2D eigenvalue weighted by atomic mass is 19.4. The van der Waals surface area contributed by atoms with Gasteiger partial charge in [-0.3, -0.25) is 0 Å². The lowest BCUT2D eigenvalue weighted by atomic mass is 9.74. The Hall–Kier alpha value is -1.03. The van der Waals surface area contributed by atoms with Crippen LogP contribution in [-0.4, -0.2) is 6.54 Å². The van der Waals surface area contributed by atoms with Gasteiger partial charge in [0.1, 0.15) is 0 Å². The third-order valence-electron chi connectivity index (χ3n) is 4.34. The second-order valence-electron chi connectivity index (χ2n) is 5.46. The third kappa shape index (κ3) is 1.83. The van der Waals surface area contributed by atoms with Crippen LogP contribution in [0.5, 0.6) is 0 Å². The molecule has 0 amide bonds. The summed E-state index contributed by atoms with van der Waals surface area (Å²) in [5.41, 5.74) is 1.54. The van der Waals surface area contributed by atoms with E-state index < -0.39 is 11.7 Å². The van der Waals surface area contributed by atoms with Gasteiger partial charge in [-0.15, -0.1) is 0 Å². The van der Waals surface area contributed by atoms with Gasteiger partial charge in [0.2, 0.25) is 0 Å². The van der Waals surface area contributed by atoms with Gasteiger partial charge in [-0.2, -0.15) is 13.2 Å². The summed E-state index contributed by atoms with van der Waals surface area (Å²) in [5.74, 6) is 0. The highest BCUT2D eigenvalue weighted by Crippen LogP contribution is 2.44. The van der Waals surface area contributed by atoms with Crippen molar-refractivity contribution in [2.45, 2.75) is 43.8 Å². The van der Waals surface area contributed by atoms with E-state index in [1.54, 1.807) is 6.07 Å². The van der Waals surface area contributed by atoms with Crippen molar-refractivity contribution in [1.82, 2.24) is 5.32 Å². The first kappa shape index (κ1) is 12.0. The number of alkyl halides is 3. The highest BCUT2D eigenvalue weighted by molar-refractivity contribution is 5.41. The van der Waals surface area contributed by atoms with Crippen LogP contribution in [0.15, 0.2) is 18.2 Å². The number of nitrogens with one attached hydrogen (secondary N) is 1. The molecular formula is C14H16F3N. The Morgan fingerprint density at radius 2 is 1.83 bits per heavy atom.